The summed E-state index contributed by atoms with van der Waals surface area (Å²) >= 11 is 0. The van der Waals surface area contributed by atoms with Gasteiger partial charge in [-0.15, -0.1) is 0 Å². The average Bonchev–Trinajstić information content (AvgIpc) is 3.37. The molecule has 3 saturated heterocycles. The first kappa shape index (κ1) is 18.4. The Balaban J connectivity index is 1.58. The SMILES string of the molecule is Cn1cncc1CN(CCO)C(=O)[C@H]1[C@@H]2CC[C@@]3(CN(CCN)C(=O)[C@@H]13)O2. The Bertz CT molecular complexity index is 737. The molecule has 4 atom stereocenters. The minimum absolute atomic E-state index is 0.0227. The number of hydrogen-bond acceptors (Lipinski definition) is 6. The summed E-state index contributed by atoms with van der Waals surface area (Å²) in [6, 6.07) is 0. The van der Waals surface area contributed by atoms with Gasteiger partial charge in [0.2, 0.25) is 11.8 Å². The van der Waals surface area contributed by atoms with E-state index in [0.717, 1.165) is 18.5 Å². The van der Waals surface area contributed by atoms with E-state index in [9.17, 15) is 14.7 Å². The summed E-state index contributed by atoms with van der Waals surface area (Å²) in [7, 11) is 1.87. The highest BCUT2D eigenvalue weighted by molar-refractivity contribution is 5.92. The van der Waals surface area contributed by atoms with Gasteiger partial charge >= 0.3 is 0 Å². The Morgan fingerprint density at radius 1 is 1.56 bits per heavy atom. The molecule has 3 fully saturated rings. The minimum atomic E-state index is -0.547. The molecule has 4 heterocycles. The lowest BCUT2D eigenvalue weighted by Crippen LogP contribution is -2.48. The molecule has 0 aliphatic carbocycles. The molecule has 0 saturated carbocycles. The number of likely N-dealkylation sites (tertiary alicyclic amines) is 1. The number of ether oxygens (including phenoxy) is 1. The summed E-state index contributed by atoms with van der Waals surface area (Å²) in [6.07, 6.45) is 4.76. The van der Waals surface area contributed by atoms with E-state index in [-0.39, 0.29) is 31.1 Å². The summed E-state index contributed by atoms with van der Waals surface area (Å²) in [5.74, 6) is -1.08. The van der Waals surface area contributed by atoms with Gasteiger partial charge in [0.15, 0.2) is 0 Å². The van der Waals surface area contributed by atoms with Gasteiger partial charge in [-0.2, -0.15) is 0 Å². The molecule has 27 heavy (non-hydrogen) atoms. The summed E-state index contributed by atoms with van der Waals surface area (Å²) < 4.78 is 8.07. The third-order valence-corrected chi connectivity index (χ3v) is 6.24. The predicted octanol–water partition coefficient (Wildman–Crippen LogP) is -1.29. The first-order chi connectivity index (χ1) is 13.0. The van der Waals surface area contributed by atoms with E-state index in [1.54, 1.807) is 22.3 Å². The van der Waals surface area contributed by atoms with Crippen LogP contribution in [0.25, 0.3) is 0 Å². The van der Waals surface area contributed by atoms with Crippen molar-refractivity contribution in [2.45, 2.75) is 31.1 Å². The molecule has 0 radical (unpaired) electrons. The maximum Gasteiger partial charge on any atom is 0.229 e. The second kappa shape index (κ2) is 6.88. The summed E-state index contributed by atoms with van der Waals surface area (Å²) in [5, 5.41) is 9.47. The minimum Gasteiger partial charge on any atom is -0.395 e. The topological polar surface area (TPSA) is 114 Å². The van der Waals surface area contributed by atoms with Gasteiger partial charge < -0.3 is 29.9 Å². The number of amides is 2. The van der Waals surface area contributed by atoms with Crippen molar-refractivity contribution in [3.8, 4) is 0 Å². The zero-order valence-corrected chi connectivity index (χ0v) is 15.6. The van der Waals surface area contributed by atoms with E-state index >= 15 is 0 Å². The Morgan fingerprint density at radius 3 is 3.04 bits per heavy atom. The van der Waals surface area contributed by atoms with E-state index in [2.05, 4.69) is 4.98 Å². The Kier molecular flexibility index (Phi) is 4.69. The Hall–Kier alpha value is -1.97. The number of aryl methyl sites for hydroxylation is 1. The summed E-state index contributed by atoms with van der Waals surface area (Å²) in [5.41, 5.74) is 5.97. The number of hydrogen-bond donors (Lipinski definition) is 2. The molecule has 0 aromatic carbocycles. The fourth-order valence-corrected chi connectivity index (χ4v) is 5.00. The third kappa shape index (κ3) is 2.84. The first-order valence-corrected chi connectivity index (χ1v) is 9.52. The highest BCUT2D eigenvalue weighted by Gasteiger charge is 2.69. The quantitative estimate of drug-likeness (QED) is 0.611. The molecular formula is C18H27N5O4. The van der Waals surface area contributed by atoms with Crippen LogP contribution in [-0.2, 0) is 27.9 Å². The molecule has 1 aromatic heterocycles. The first-order valence-electron chi connectivity index (χ1n) is 9.52. The summed E-state index contributed by atoms with van der Waals surface area (Å²) in [4.78, 5) is 33.9. The number of carbonyl (C=O) groups is 2. The monoisotopic (exact) mass is 377 g/mol. The molecule has 9 nitrogen and oxygen atoms in total. The Morgan fingerprint density at radius 2 is 2.37 bits per heavy atom. The van der Waals surface area contributed by atoms with Crippen molar-refractivity contribution in [2.75, 3.05) is 32.8 Å². The van der Waals surface area contributed by atoms with Crippen LogP contribution < -0.4 is 5.73 Å². The molecular weight excluding hydrogens is 350 g/mol. The maximum absolute atomic E-state index is 13.4. The van der Waals surface area contributed by atoms with Crippen LogP contribution in [0.4, 0.5) is 0 Å². The molecule has 2 bridgehead atoms. The number of nitrogens with zero attached hydrogens (tertiary/aromatic N) is 4. The van der Waals surface area contributed by atoms with E-state index < -0.39 is 17.4 Å². The van der Waals surface area contributed by atoms with E-state index in [1.807, 2.05) is 11.6 Å². The van der Waals surface area contributed by atoms with Gasteiger partial charge in [0.25, 0.3) is 0 Å². The fraction of sp³-hybridized carbons (Fsp3) is 0.722. The van der Waals surface area contributed by atoms with Crippen molar-refractivity contribution in [2.24, 2.45) is 24.6 Å². The highest BCUT2D eigenvalue weighted by atomic mass is 16.5. The van der Waals surface area contributed by atoms with Gasteiger partial charge in [0, 0.05) is 32.9 Å². The Labute approximate surface area is 158 Å². The van der Waals surface area contributed by atoms with Crippen molar-refractivity contribution in [3.63, 3.8) is 0 Å². The lowest BCUT2D eigenvalue weighted by atomic mass is 9.72. The molecule has 4 rings (SSSR count). The smallest absolute Gasteiger partial charge is 0.229 e. The van der Waals surface area contributed by atoms with E-state index in [1.165, 1.54) is 0 Å². The number of aliphatic hydroxyl groups excluding tert-OH is 1. The van der Waals surface area contributed by atoms with Crippen molar-refractivity contribution in [1.82, 2.24) is 19.4 Å². The van der Waals surface area contributed by atoms with Gasteiger partial charge in [0.1, 0.15) is 0 Å². The number of nitrogens with two attached hydrogens (primary N) is 1. The van der Waals surface area contributed by atoms with Crippen LogP contribution in [-0.4, -0.2) is 80.8 Å². The van der Waals surface area contributed by atoms with Crippen LogP contribution in [0.15, 0.2) is 12.5 Å². The van der Waals surface area contributed by atoms with Crippen molar-refractivity contribution in [1.29, 1.82) is 0 Å². The molecule has 2 amide bonds. The summed E-state index contributed by atoms with van der Waals surface area (Å²) in [6.45, 7) is 1.84. The standard InChI is InChI=1S/C18H27N5O4/c1-21-11-20-8-12(21)9-22(6-7-24)16(25)14-13-2-3-18(27-13)10-23(5-4-19)17(26)15(14)18/h8,11,13-15,24H,2-7,9-10,19H2,1H3/t13-,14-,15+,18-/m0/s1. The van der Waals surface area contributed by atoms with E-state index in [4.69, 9.17) is 10.5 Å². The van der Waals surface area contributed by atoms with E-state index in [0.29, 0.717) is 26.2 Å². The molecule has 1 aromatic rings. The van der Waals surface area contributed by atoms with Crippen LogP contribution in [0.2, 0.25) is 0 Å². The van der Waals surface area contributed by atoms with Gasteiger partial charge in [-0.3, -0.25) is 9.59 Å². The van der Waals surface area contributed by atoms with Crippen molar-refractivity contribution >= 4 is 11.8 Å². The number of imidazole rings is 1. The fourth-order valence-electron chi connectivity index (χ4n) is 5.00. The number of carbonyl (C=O) groups excluding carboxylic acids is 2. The molecule has 1 spiro atoms. The van der Waals surface area contributed by atoms with Crippen LogP contribution in [0, 0.1) is 11.8 Å². The second-order valence-corrected chi connectivity index (χ2v) is 7.79. The third-order valence-electron chi connectivity index (χ3n) is 6.24. The molecule has 3 aliphatic rings. The number of aromatic nitrogens is 2. The second-order valence-electron chi connectivity index (χ2n) is 7.79. The zero-order valence-electron chi connectivity index (χ0n) is 15.6. The number of aliphatic hydroxyl groups is 1. The molecule has 0 unspecified atom stereocenters. The van der Waals surface area contributed by atoms with Crippen LogP contribution in [0.1, 0.15) is 18.5 Å². The molecule has 148 valence electrons. The van der Waals surface area contributed by atoms with Gasteiger partial charge in [-0.05, 0) is 12.8 Å². The average molecular weight is 377 g/mol. The largest absolute Gasteiger partial charge is 0.395 e. The normalized spacial score (nSPS) is 31.6. The number of fused-ring (bicyclic) bond motifs is 1. The van der Waals surface area contributed by atoms with Crippen LogP contribution in [0.5, 0.6) is 0 Å². The molecule has 3 aliphatic heterocycles. The zero-order chi connectivity index (χ0) is 19.2. The molecule has 3 N–H and O–H groups in total. The lowest BCUT2D eigenvalue weighted by molar-refractivity contribution is -0.145. The van der Waals surface area contributed by atoms with Gasteiger partial charge in [-0.1, -0.05) is 0 Å². The van der Waals surface area contributed by atoms with Crippen molar-refractivity contribution in [3.05, 3.63) is 18.2 Å². The van der Waals surface area contributed by atoms with Crippen LogP contribution in [0.3, 0.4) is 0 Å². The van der Waals surface area contributed by atoms with Crippen LogP contribution >= 0.6 is 0 Å². The predicted molar refractivity (Wildman–Crippen MR) is 95.2 cm³/mol. The number of rotatable bonds is 7. The highest BCUT2D eigenvalue weighted by Crippen LogP contribution is 2.55. The van der Waals surface area contributed by atoms with Gasteiger partial charge in [-0.25, -0.2) is 4.98 Å². The maximum atomic E-state index is 13.4. The lowest BCUT2D eigenvalue weighted by Gasteiger charge is -2.31. The van der Waals surface area contributed by atoms with Gasteiger partial charge in [0.05, 0.1) is 55.3 Å². The van der Waals surface area contributed by atoms with Crippen molar-refractivity contribution < 1.29 is 19.4 Å². The molecule has 9 heteroatoms.